The van der Waals surface area contributed by atoms with Crippen LogP contribution in [-0.2, 0) is 42.5 Å². The summed E-state index contributed by atoms with van der Waals surface area (Å²) in [5, 5.41) is 0. The van der Waals surface area contributed by atoms with E-state index in [-0.39, 0.29) is 17.9 Å². The van der Waals surface area contributed by atoms with Gasteiger partial charge in [0, 0.05) is 18.9 Å². The summed E-state index contributed by atoms with van der Waals surface area (Å²) in [6.07, 6.45) is 0.340. The van der Waals surface area contributed by atoms with Crippen LogP contribution in [0.2, 0.25) is 0 Å². The van der Waals surface area contributed by atoms with Crippen LogP contribution < -0.4 is 9.47 Å². The maximum atomic E-state index is 13.3. The van der Waals surface area contributed by atoms with Crippen LogP contribution in [0.1, 0.15) is 30.5 Å². The largest absolute Gasteiger partial charge is 0.497 e. The number of rotatable bonds is 6. The molecular weight excluding hydrogens is 388 g/mol. The first-order chi connectivity index (χ1) is 14.3. The highest BCUT2D eigenvalue weighted by Crippen LogP contribution is 2.46. The Morgan fingerprint density at radius 2 is 1.83 bits per heavy atom. The van der Waals surface area contributed by atoms with Crippen molar-refractivity contribution in [2.75, 3.05) is 14.2 Å². The number of Topliss-reactive ketones (excluding diaryl/α,β-unsaturated/α-hetero) is 1. The lowest BCUT2D eigenvalue weighted by molar-refractivity contribution is -0.187. The first kappa shape index (κ1) is 21.4. The van der Waals surface area contributed by atoms with Gasteiger partial charge in [0.1, 0.15) is 18.1 Å². The van der Waals surface area contributed by atoms with Crippen molar-refractivity contribution in [2.24, 2.45) is 5.92 Å². The predicted octanol–water partition coefficient (Wildman–Crippen LogP) is 2.97. The summed E-state index contributed by atoms with van der Waals surface area (Å²) in [6, 6.07) is 12.7. The average molecular weight is 412 g/mol. The van der Waals surface area contributed by atoms with Crippen molar-refractivity contribution in [3.8, 4) is 11.5 Å². The molecule has 2 atom stereocenters. The van der Waals surface area contributed by atoms with Crippen LogP contribution in [-0.4, -0.2) is 31.9 Å². The molecular formula is C23H24O7. The fourth-order valence-corrected chi connectivity index (χ4v) is 3.77. The van der Waals surface area contributed by atoms with E-state index in [4.69, 9.17) is 18.9 Å². The van der Waals surface area contributed by atoms with E-state index >= 15 is 0 Å². The van der Waals surface area contributed by atoms with Crippen molar-refractivity contribution in [3.05, 3.63) is 59.2 Å². The quantitative estimate of drug-likeness (QED) is 0.532. The molecule has 0 amide bonds. The first-order valence-corrected chi connectivity index (χ1v) is 9.53. The maximum absolute atomic E-state index is 13.3. The third-order valence-electron chi connectivity index (χ3n) is 5.07. The fourth-order valence-electron chi connectivity index (χ4n) is 3.77. The van der Waals surface area contributed by atoms with E-state index < -0.39 is 29.2 Å². The highest BCUT2D eigenvalue weighted by molar-refractivity contribution is 6.12. The lowest BCUT2D eigenvalue weighted by Crippen LogP contribution is -2.53. The second-order valence-electron chi connectivity index (χ2n) is 7.17. The summed E-state index contributed by atoms with van der Waals surface area (Å²) in [5.41, 5.74) is -0.535. The molecule has 0 saturated heterocycles. The van der Waals surface area contributed by atoms with Crippen LogP contribution >= 0.6 is 0 Å². The van der Waals surface area contributed by atoms with E-state index in [0.717, 1.165) is 19.6 Å². The SMILES string of the molecule is COC(=O)C1(OC(C)=O)C(=O)C(C)Cc2cc(OC)cc(OCc3ccccc3)c21. The Kier molecular flexibility index (Phi) is 6.10. The molecule has 1 aliphatic rings. The Balaban J connectivity index is 2.21. The van der Waals surface area contributed by atoms with E-state index in [1.54, 1.807) is 19.1 Å². The minimum absolute atomic E-state index is 0.182. The molecule has 0 heterocycles. The van der Waals surface area contributed by atoms with E-state index in [1.807, 2.05) is 30.3 Å². The van der Waals surface area contributed by atoms with Crippen LogP contribution in [0.15, 0.2) is 42.5 Å². The number of carbonyl (C=O) groups excluding carboxylic acids is 3. The minimum Gasteiger partial charge on any atom is -0.497 e. The van der Waals surface area contributed by atoms with E-state index in [9.17, 15) is 14.4 Å². The predicted molar refractivity (Wildman–Crippen MR) is 107 cm³/mol. The molecule has 2 aromatic carbocycles. The van der Waals surface area contributed by atoms with Crippen molar-refractivity contribution >= 4 is 17.7 Å². The normalized spacial score (nSPS) is 20.1. The second-order valence-corrected chi connectivity index (χ2v) is 7.17. The van der Waals surface area contributed by atoms with Crippen LogP contribution in [0.4, 0.5) is 0 Å². The number of methoxy groups -OCH3 is 2. The zero-order valence-corrected chi connectivity index (χ0v) is 17.4. The molecule has 0 fully saturated rings. The summed E-state index contributed by atoms with van der Waals surface area (Å²) in [6.45, 7) is 3.00. The van der Waals surface area contributed by atoms with Gasteiger partial charge < -0.3 is 18.9 Å². The van der Waals surface area contributed by atoms with Gasteiger partial charge in [-0.3, -0.25) is 9.59 Å². The Labute approximate surface area is 174 Å². The highest BCUT2D eigenvalue weighted by Gasteiger charge is 2.58. The third-order valence-corrected chi connectivity index (χ3v) is 5.07. The molecule has 0 bridgehead atoms. The molecule has 1 aliphatic carbocycles. The standard InChI is InChI=1S/C23H24O7/c1-14-10-17-11-18(27-3)12-19(29-13-16-8-6-5-7-9-16)20(17)23(21(14)25,22(26)28-4)30-15(2)24/h5-9,11-12,14H,10,13H2,1-4H3. The number of hydrogen-bond acceptors (Lipinski definition) is 7. The van der Waals surface area contributed by atoms with Gasteiger partial charge in [0.15, 0.2) is 5.78 Å². The number of ether oxygens (including phenoxy) is 4. The fraction of sp³-hybridized carbons (Fsp3) is 0.348. The lowest BCUT2D eigenvalue weighted by Gasteiger charge is -2.38. The molecule has 0 N–H and O–H groups in total. The van der Waals surface area contributed by atoms with Gasteiger partial charge in [-0.1, -0.05) is 37.3 Å². The Bertz CT molecular complexity index is 967. The molecule has 7 heteroatoms. The smallest absolute Gasteiger partial charge is 0.363 e. The monoisotopic (exact) mass is 412 g/mol. The van der Waals surface area contributed by atoms with Crippen LogP contribution in [0.3, 0.4) is 0 Å². The molecule has 30 heavy (non-hydrogen) atoms. The van der Waals surface area contributed by atoms with E-state index in [1.165, 1.54) is 7.11 Å². The van der Waals surface area contributed by atoms with Gasteiger partial charge in [-0.2, -0.15) is 0 Å². The summed E-state index contributed by atoms with van der Waals surface area (Å²) < 4.78 is 21.7. The molecule has 7 nitrogen and oxygen atoms in total. The van der Waals surface area contributed by atoms with Gasteiger partial charge in [-0.25, -0.2) is 4.79 Å². The van der Waals surface area contributed by atoms with Crippen LogP contribution in [0, 0.1) is 5.92 Å². The third kappa shape index (κ3) is 3.75. The second kappa shape index (κ2) is 8.57. The average Bonchev–Trinajstić information content (AvgIpc) is 2.74. The first-order valence-electron chi connectivity index (χ1n) is 9.53. The highest BCUT2D eigenvalue weighted by atomic mass is 16.6. The number of hydrogen-bond donors (Lipinski definition) is 0. The zero-order valence-electron chi connectivity index (χ0n) is 17.4. The maximum Gasteiger partial charge on any atom is 0.363 e. The number of benzene rings is 2. The summed E-state index contributed by atoms with van der Waals surface area (Å²) in [4.78, 5) is 38.1. The Morgan fingerprint density at radius 3 is 2.43 bits per heavy atom. The van der Waals surface area contributed by atoms with Crippen molar-refractivity contribution in [2.45, 2.75) is 32.5 Å². The van der Waals surface area contributed by atoms with Crippen LogP contribution in [0.25, 0.3) is 0 Å². The van der Waals surface area contributed by atoms with Gasteiger partial charge in [0.25, 0.3) is 5.60 Å². The Hall–Kier alpha value is -3.35. The minimum atomic E-state index is -2.23. The van der Waals surface area contributed by atoms with Crippen molar-refractivity contribution < 1.29 is 33.3 Å². The zero-order chi connectivity index (χ0) is 21.9. The summed E-state index contributed by atoms with van der Waals surface area (Å²) in [7, 11) is 2.66. The van der Waals surface area contributed by atoms with Crippen molar-refractivity contribution in [3.63, 3.8) is 0 Å². The number of fused-ring (bicyclic) bond motifs is 1. The number of esters is 2. The molecule has 3 rings (SSSR count). The molecule has 0 saturated carbocycles. The summed E-state index contributed by atoms with van der Waals surface area (Å²) in [5.74, 6) is -2.15. The number of carbonyl (C=O) groups is 3. The molecule has 0 aromatic heterocycles. The molecule has 0 spiro atoms. The van der Waals surface area contributed by atoms with Gasteiger partial charge in [0.2, 0.25) is 0 Å². The van der Waals surface area contributed by atoms with E-state index in [0.29, 0.717) is 17.7 Å². The molecule has 2 aromatic rings. The van der Waals surface area contributed by atoms with Crippen LogP contribution in [0.5, 0.6) is 11.5 Å². The molecule has 158 valence electrons. The topological polar surface area (TPSA) is 88.1 Å². The van der Waals surface area contributed by atoms with E-state index in [2.05, 4.69) is 0 Å². The lowest BCUT2D eigenvalue weighted by atomic mass is 9.72. The molecule has 2 unspecified atom stereocenters. The Morgan fingerprint density at radius 1 is 1.13 bits per heavy atom. The summed E-state index contributed by atoms with van der Waals surface area (Å²) >= 11 is 0. The number of ketones is 1. The van der Waals surface area contributed by atoms with Gasteiger partial charge >= 0.3 is 11.9 Å². The molecule has 0 radical (unpaired) electrons. The molecule has 0 aliphatic heterocycles. The van der Waals surface area contributed by atoms with Gasteiger partial charge in [0.05, 0.1) is 19.8 Å². The van der Waals surface area contributed by atoms with Crippen molar-refractivity contribution in [1.82, 2.24) is 0 Å². The van der Waals surface area contributed by atoms with Gasteiger partial charge in [-0.05, 0) is 23.6 Å². The van der Waals surface area contributed by atoms with Crippen molar-refractivity contribution in [1.29, 1.82) is 0 Å². The van der Waals surface area contributed by atoms with Gasteiger partial charge in [-0.15, -0.1) is 0 Å².